The standard InChI is InChI=1S/C64H74N4O15S4/c1-37-24-49-46(33-59(87(77,78)81-9)53-30-45-15-11-13-17-52(45)68(53)63(49)74)32-55(37)82-35-41-26-42(36-83-57-31-43-18-19-48-29-44-14-10-12-16-51(44)67(48)62(73)50(43)34-56(57)79-7)28-47(27-41)66-61(72)38(2)25-54(70)39(3)65-60(71)20-22-64(5,6)85-84-23-21-58(40(4)69)86(75,76)80-8/h10-17,24,26-28,31-32,34,38-39,48,53,58-59H,18-23,25,29-30,33,35-36H2,1-9H3,(H,65,71)(H,66,72)/t38-,39+,48-,53+,58?,59?/m1/s1. The number of hydrogen-bond acceptors (Lipinski definition) is 17. The van der Waals surface area contributed by atoms with Crippen LogP contribution in [0.2, 0.25) is 0 Å². The van der Waals surface area contributed by atoms with Crippen molar-refractivity contribution in [3.63, 3.8) is 0 Å². The van der Waals surface area contributed by atoms with E-state index in [2.05, 4.69) is 20.9 Å². The van der Waals surface area contributed by atoms with Crippen LogP contribution >= 0.6 is 21.6 Å². The van der Waals surface area contributed by atoms with Gasteiger partial charge in [0.1, 0.15) is 35.2 Å². The van der Waals surface area contributed by atoms with Crippen LogP contribution in [0.1, 0.15) is 126 Å². The normalized spacial score (nSPS) is 18.1. The van der Waals surface area contributed by atoms with E-state index in [1.165, 1.54) is 35.6 Å². The Bertz CT molecular complexity index is 3740. The number of methoxy groups -OCH3 is 1. The number of aryl methyl sites for hydroxylation is 2. The summed E-state index contributed by atoms with van der Waals surface area (Å²) >= 11 is 0. The van der Waals surface area contributed by atoms with Crippen molar-refractivity contribution >= 4 is 94.1 Å². The second-order valence-electron chi connectivity index (χ2n) is 23.3. The zero-order valence-corrected chi connectivity index (χ0v) is 53.5. The number of Topliss-reactive ketones (excluding diaryl/α,β-unsaturated/α-hetero) is 2. The number of nitrogens with one attached hydrogen (secondary N) is 2. The van der Waals surface area contributed by atoms with E-state index in [0.29, 0.717) is 87.0 Å². The Morgan fingerprint density at radius 3 is 2.01 bits per heavy atom. The number of hydrogen-bond donors (Lipinski definition) is 2. The van der Waals surface area contributed by atoms with Gasteiger partial charge in [0.15, 0.2) is 17.3 Å². The largest absolute Gasteiger partial charge is 0.493 e. The molecular weight excluding hydrogens is 1190 g/mol. The minimum atomic E-state index is -4.13. The molecule has 4 heterocycles. The van der Waals surface area contributed by atoms with Crippen LogP contribution in [0.5, 0.6) is 17.2 Å². The molecule has 0 spiro atoms. The minimum Gasteiger partial charge on any atom is -0.493 e. The van der Waals surface area contributed by atoms with Gasteiger partial charge >= 0.3 is 0 Å². The first-order valence-electron chi connectivity index (χ1n) is 28.9. The lowest BCUT2D eigenvalue weighted by Gasteiger charge is -2.28. The summed E-state index contributed by atoms with van der Waals surface area (Å²) in [7, 11) is -1.62. The molecule has 0 saturated carbocycles. The van der Waals surface area contributed by atoms with E-state index in [1.807, 2.05) is 80.3 Å². The fourth-order valence-electron chi connectivity index (χ4n) is 11.9. The maximum atomic E-state index is 14.5. The quantitative estimate of drug-likeness (QED) is 0.0297. The summed E-state index contributed by atoms with van der Waals surface area (Å²) in [5, 5.41) is 3.41. The summed E-state index contributed by atoms with van der Waals surface area (Å²) in [6, 6.07) is 26.2. The molecule has 4 aliphatic heterocycles. The SMILES string of the molecule is COc1cc2c(cc1OCc1cc(COc3cc4c(cc3C)C(=O)N3c5ccccc5C[C@H]3C(S(=O)(=O)OC)C4)cc(NC(=O)[C@H](C)CC(=O)[C@H](C)NC(=O)CCC(C)(C)SSCCC(C(C)=O)S(=O)(=O)OC)c1)CC[C@@H]1Cc3ccccc3N1C2=O. The van der Waals surface area contributed by atoms with Crippen LogP contribution in [0.15, 0.2) is 91.0 Å². The molecule has 0 aromatic heterocycles. The number of fused-ring (bicyclic) bond motifs is 8. The third-order valence-corrected chi connectivity index (χ3v) is 23.4. The van der Waals surface area contributed by atoms with E-state index in [-0.39, 0.29) is 68.4 Å². The molecule has 0 aliphatic carbocycles. The molecule has 5 aromatic rings. The zero-order chi connectivity index (χ0) is 62.7. The van der Waals surface area contributed by atoms with E-state index in [9.17, 15) is 45.6 Å². The highest BCUT2D eigenvalue weighted by molar-refractivity contribution is 8.77. The van der Waals surface area contributed by atoms with E-state index in [4.69, 9.17) is 18.4 Å². The first-order valence-corrected chi connectivity index (χ1v) is 34.2. The number of carbonyl (C=O) groups excluding carboxylic acids is 6. The smallest absolute Gasteiger partial charge is 0.277 e. The summed E-state index contributed by atoms with van der Waals surface area (Å²) < 4.78 is 79.8. The predicted molar refractivity (Wildman–Crippen MR) is 336 cm³/mol. The summed E-state index contributed by atoms with van der Waals surface area (Å²) in [6.07, 6.45) is 2.91. The fraction of sp³-hybridized carbons (Fsp3) is 0.438. The molecule has 0 bridgehead atoms. The second-order valence-corrected chi connectivity index (χ2v) is 30.2. The van der Waals surface area contributed by atoms with Crippen LogP contribution < -0.4 is 34.6 Å². The third-order valence-electron chi connectivity index (χ3n) is 16.6. The van der Waals surface area contributed by atoms with Crippen molar-refractivity contribution in [2.75, 3.05) is 42.2 Å². The lowest BCUT2D eigenvalue weighted by atomic mass is 9.97. The Morgan fingerprint density at radius 2 is 1.36 bits per heavy atom. The Balaban J connectivity index is 0.899. The molecule has 0 fully saturated rings. The van der Waals surface area contributed by atoms with Gasteiger partial charge in [0.25, 0.3) is 32.1 Å². The van der Waals surface area contributed by atoms with Crippen molar-refractivity contribution in [1.82, 2.24) is 5.32 Å². The molecular formula is C64H74N4O15S4. The molecule has 0 radical (unpaired) electrons. The molecule has 9 rings (SSSR count). The first kappa shape index (κ1) is 64.7. The number of ether oxygens (including phenoxy) is 3. The van der Waals surface area contributed by atoms with Crippen molar-refractivity contribution < 1.29 is 68.2 Å². The third kappa shape index (κ3) is 14.6. The van der Waals surface area contributed by atoms with Gasteiger partial charge in [-0.2, -0.15) is 16.8 Å². The maximum Gasteiger partial charge on any atom is 0.277 e. The van der Waals surface area contributed by atoms with Gasteiger partial charge in [0, 0.05) is 63.5 Å². The Kier molecular flexibility index (Phi) is 20.0. The van der Waals surface area contributed by atoms with Crippen molar-refractivity contribution in [3.05, 3.63) is 141 Å². The van der Waals surface area contributed by atoms with E-state index < -0.39 is 65.2 Å². The number of nitrogens with zero attached hydrogens (tertiary/aromatic N) is 2. The molecule has 5 aromatic carbocycles. The molecule has 2 unspecified atom stereocenters. The van der Waals surface area contributed by atoms with Gasteiger partial charge in [-0.1, -0.05) is 64.9 Å². The number of para-hydroxylation sites is 2. The topological polar surface area (TPSA) is 247 Å². The fourth-order valence-corrected chi connectivity index (χ4v) is 17.0. The second kappa shape index (κ2) is 26.9. The van der Waals surface area contributed by atoms with Gasteiger partial charge in [-0.25, -0.2) is 0 Å². The number of ketones is 2. The summed E-state index contributed by atoms with van der Waals surface area (Å²) in [5.74, 6) is -1.38. The van der Waals surface area contributed by atoms with Crippen LogP contribution in [0.3, 0.4) is 0 Å². The highest BCUT2D eigenvalue weighted by Crippen LogP contribution is 2.44. The van der Waals surface area contributed by atoms with Crippen LogP contribution in [-0.2, 0) is 86.7 Å². The van der Waals surface area contributed by atoms with E-state index in [0.717, 1.165) is 49.4 Å². The predicted octanol–water partition coefficient (Wildman–Crippen LogP) is 9.45. The molecule has 4 aliphatic rings. The molecule has 2 N–H and O–H groups in total. The van der Waals surface area contributed by atoms with Crippen molar-refractivity contribution in [2.24, 2.45) is 5.92 Å². The van der Waals surface area contributed by atoms with Gasteiger partial charge in [-0.15, -0.1) is 0 Å². The van der Waals surface area contributed by atoms with Gasteiger partial charge in [-0.3, -0.25) is 37.1 Å². The Morgan fingerprint density at radius 1 is 0.736 bits per heavy atom. The molecule has 23 heteroatoms. The van der Waals surface area contributed by atoms with Crippen LogP contribution in [-0.4, -0.2) is 112 Å². The molecule has 4 amide bonds. The van der Waals surface area contributed by atoms with Crippen molar-refractivity contribution in [1.29, 1.82) is 0 Å². The van der Waals surface area contributed by atoms with Gasteiger partial charge in [0.2, 0.25) is 11.8 Å². The number of rotatable bonds is 26. The van der Waals surface area contributed by atoms with Crippen LogP contribution in [0.25, 0.3) is 0 Å². The Labute approximate surface area is 517 Å². The Hall–Kier alpha value is -6.76. The van der Waals surface area contributed by atoms with Crippen molar-refractivity contribution in [3.8, 4) is 17.2 Å². The van der Waals surface area contributed by atoms with Gasteiger partial charge in [0.05, 0.1) is 33.4 Å². The zero-order valence-electron chi connectivity index (χ0n) is 50.3. The van der Waals surface area contributed by atoms with Crippen LogP contribution in [0.4, 0.5) is 17.1 Å². The van der Waals surface area contributed by atoms with Gasteiger partial charge in [-0.05, 0) is 173 Å². The summed E-state index contributed by atoms with van der Waals surface area (Å²) in [4.78, 5) is 84.9. The average molecular weight is 1270 g/mol. The molecule has 87 heavy (non-hydrogen) atoms. The highest BCUT2D eigenvalue weighted by atomic mass is 33.1. The molecule has 6 atom stereocenters. The maximum absolute atomic E-state index is 14.5. The molecule has 19 nitrogen and oxygen atoms in total. The lowest BCUT2D eigenvalue weighted by molar-refractivity contribution is -0.129. The molecule has 464 valence electrons. The lowest BCUT2D eigenvalue weighted by Crippen LogP contribution is -2.47. The van der Waals surface area contributed by atoms with E-state index >= 15 is 0 Å². The monoisotopic (exact) mass is 1270 g/mol. The van der Waals surface area contributed by atoms with Gasteiger partial charge < -0.3 is 34.6 Å². The van der Waals surface area contributed by atoms with E-state index in [1.54, 1.807) is 49.1 Å². The van der Waals surface area contributed by atoms with Crippen molar-refractivity contribution in [2.45, 2.75) is 146 Å². The number of carbonyl (C=O) groups is 6. The highest BCUT2D eigenvalue weighted by Gasteiger charge is 2.48. The summed E-state index contributed by atoms with van der Waals surface area (Å²) in [5.41, 5.74) is 8.02. The number of benzene rings is 5. The molecule has 0 saturated heterocycles. The number of anilines is 3. The average Bonchev–Trinajstić information content (AvgIpc) is 1.63. The first-order chi connectivity index (χ1) is 41.3. The minimum absolute atomic E-state index is 0.0101. The van der Waals surface area contributed by atoms with Crippen LogP contribution in [0, 0.1) is 12.8 Å². The summed E-state index contributed by atoms with van der Waals surface area (Å²) in [6.45, 7) is 10.0. The number of amides is 4.